The summed E-state index contributed by atoms with van der Waals surface area (Å²) in [4.78, 5) is 24.8. The molecule has 8 nitrogen and oxygen atoms in total. The maximum atomic E-state index is 13.7. The van der Waals surface area contributed by atoms with Crippen molar-refractivity contribution in [2.45, 2.75) is 0 Å². The highest BCUT2D eigenvalue weighted by Gasteiger charge is 2.21. The molecule has 1 aromatic carbocycles. The number of amides is 1. The van der Waals surface area contributed by atoms with Crippen LogP contribution in [0.3, 0.4) is 0 Å². The lowest BCUT2D eigenvalue weighted by Crippen LogP contribution is -2.47. The fraction of sp³-hybridized carbons (Fsp3) is 0.211. The van der Waals surface area contributed by atoms with E-state index < -0.39 is 23.2 Å². The van der Waals surface area contributed by atoms with Crippen LogP contribution in [0.25, 0.3) is 0 Å². The molecule has 1 saturated heterocycles. The summed E-state index contributed by atoms with van der Waals surface area (Å²) < 4.78 is 27.4. The molecule has 1 fully saturated rings. The number of benzene rings is 1. The van der Waals surface area contributed by atoms with Crippen LogP contribution in [0.2, 0.25) is 0 Å². The average Bonchev–Trinajstić information content (AvgIpc) is 2.77. The number of halogens is 2. The second-order valence-corrected chi connectivity index (χ2v) is 6.35. The van der Waals surface area contributed by atoms with E-state index in [1.165, 1.54) is 12.1 Å². The predicted molar refractivity (Wildman–Crippen MR) is 103 cm³/mol. The first-order valence-corrected chi connectivity index (χ1v) is 8.98. The van der Waals surface area contributed by atoms with Crippen LogP contribution in [0.15, 0.2) is 48.8 Å². The Kier molecular flexibility index (Phi) is 5.23. The zero-order chi connectivity index (χ0) is 20.2. The van der Waals surface area contributed by atoms with Crippen molar-refractivity contribution < 1.29 is 13.6 Å². The van der Waals surface area contributed by atoms with Crippen molar-refractivity contribution in [3.63, 3.8) is 0 Å². The summed E-state index contributed by atoms with van der Waals surface area (Å²) >= 11 is 0. The molecular weight excluding hydrogens is 380 g/mol. The standard InChI is InChI=1S/C19H17F2N7O/c20-13-3-1-4-14(21)17(13)24-18(29)15-5-6-16(26-25-15)27-9-11-28(12-10-27)19-22-7-2-8-23-19/h1-8H,9-12H2,(H,24,29). The summed E-state index contributed by atoms with van der Waals surface area (Å²) in [6.45, 7) is 2.83. The molecule has 0 aliphatic carbocycles. The van der Waals surface area contributed by atoms with Gasteiger partial charge in [-0.15, -0.1) is 10.2 Å². The molecule has 3 aromatic rings. The summed E-state index contributed by atoms with van der Waals surface area (Å²) in [5.41, 5.74) is -0.546. The van der Waals surface area contributed by atoms with Gasteiger partial charge in [-0.3, -0.25) is 4.79 Å². The number of anilines is 3. The smallest absolute Gasteiger partial charge is 0.276 e. The predicted octanol–water partition coefficient (Wildman–Crippen LogP) is 2.12. The minimum atomic E-state index is -0.858. The Labute approximate surface area is 165 Å². The van der Waals surface area contributed by atoms with E-state index in [2.05, 4.69) is 30.4 Å². The number of aromatic nitrogens is 4. The minimum absolute atomic E-state index is 0.0345. The molecule has 0 saturated carbocycles. The molecule has 1 amide bonds. The van der Waals surface area contributed by atoms with Crippen LogP contribution >= 0.6 is 0 Å². The number of carbonyl (C=O) groups is 1. The van der Waals surface area contributed by atoms with E-state index in [0.717, 1.165) is 25.2 Å². The quantitative estimate of drug-likeness (QED) is 0.722. The van der Waals surface area contributed by atoms with E-state index in [1.54, 1.807) is 24.5 Å². The van der Waals surface area contributed by atoms with E-state index in [4.69, 9.17) is 0 Å². The van der Waals surface area contributed by atoms with Crippen molar-refractivity contribution in [2.75, 3.05) is 41.3 Å². The Morgan fingerprint density at radius 1 is 0.862 bits per heavy atom. The van der Waals surface area contributed by atoms with Crippen molar-refractivity contribution in [3.8, 4) is 0 Å². The Balaban J connectivity index is 1.39. The topological polar surface area (TPSA) is 87.1 Å². The van der Waals surface area contributed by atoms with Gasteiger partial charge in [-0.25, -0.2) is 18.7 Å². The van der Waals surface area contributed by atoms with Crippen LogP contribution < -0.4 is 15.1 Å². The molecule has 2 aromatic heterocycles. The van der Waals surface area contributed by atoms with Gasteiger partial charge in [0.1, 0.15) is 17.3 Å². The summed E-state index contributed by atoms with van der Waals surface area (Å²) in [7, 11) is 0. The Bertz CT molecular complexity index is 973. The van der Waals surface area contributed by atoms with Crippen LogP contribution in [0.4, 0.5) is 26.2 Å². The second-order valence-electron chi connectivity index (χ2n) is 6.35. The van der Waals surface area contributed by atoms with Crippen LogP contribution in [0.5, 0.6) is 0 Å². The van der Waals surface area contributed by atoms with Gasteiger partial charge >= 0.3 is 0 Å². The fourth-order valence-corrected chi connectivity index (χ4v) is 3.00. The highest BCUT2D eigenvalue weighted by Crippen LogP contribution is 2.19. The molecule has 29 heavy (non-hydrogen) atoms. The zero-order valence-corrected chi connectivity index (χ0v) is 15.3. The van der Waals surface area contributed by atoms with Crippen molar-refractivity contribution in [1.29, 1.82) is 0 Å². The van der Waals surface area contributed by atoms with E-state index in [0.29, 0.717) is 24.9 Å². The largest absolute Gasteiger partial charge is 0.352 e. The molecule has 1 aliphatic heterocycles. The van der Waals surface area contributed by atoms with Gasteiger partial charge in [0.25, 0.3) is 5.91 Å². The first kappa shape index (κ1) is 18.7. The Morgan fingerprint density at radius 3 is 2.14 bits per heavy atom. The number of hydrogen-bond acceptors (Lipinski definition) is 7. The molecular formula is C19H17F2N7O. The van der Waals surface area contributed by atoms with Gasteiger partial charge in [0.2, 0.25) is 5.95 Å². The van der Waals surface area contributed by atoms with E-state index >= 15 is 0 Å². The van der Waals surface area contributed by atoms with Gasteiger partial charge in [0.15, 0.2) is 11.5 Å². The highest BCUT2D eigenvalue weighted by atomic mass is 19.1. The zero-order valence-electron chi connectivity index (χ0n) is 15.3. The summed E-state index contributed by atoms with van der Waals surface area (Å²) in [6, 6.07) is 8.25. The number of hydrogen-bond donors (Lipinski definition) is 1. The summed E-state index contributed by atoms with van der Waals surface area (Å²) in [5.74, 6) is -1.15. The maximum absolute atomic E-state index is 13.7. The van der Waals surface area contributed by atoms with Crippen molar-refractivity contribution in [1.82, 2.24) is 20.2 Å². The number of nitrogens with one attached hydrogen (secondary N) is 1. The minimum Gasteiger partial charge on any atom is -0.352 e. The molecule has 0 radical (unpaired) electrons. The van der Waals surface area contributed by atoms with E-state index in [9.17, 15) is 13.6 Å². The first-order chi connectivity index (χ1) is 14.1. The highest BCUT2D eigenvalue weighted by molar-refractivity contribution is 6.02. The number of rotatable bonds is 4. The molecule has 1 aliphatic rings. The van der Waals surface area contributed by atoms with Crippen molar-refractivity contribution >= 4 is 23.4 Å². The molecule has 10 heteroatoms. The average molecular weight is 397 g/mol. The van der Waals surface area contributed by atoms with E-state index in [-0.39, 0.29) is 5.69 Å². The normalized spacial score (nSPS) is 14.0. The summed E-state index contributed by atoms with van der Waals surface area (Å²) in [5, 5.41) is 10.2. The lowest BCUT2D eigenvalue weighted by molar-refractivity contribution is 0.102. The van der Waals surface area contributed by atoms with Crippen molar-refractivity contribution in [3.05, 3.63) is 66.1 Å². The van der Waals surface area contributed by atoms with E-state index in [1.807, 2.05) is 4.90 Å². The number of carbonyl (C=O) groups excluding carboxylic acids is 1. The fourth-order valence-electron chi connectivity index (χ4n) is 3.00. The lowest BCUT2D eigenvalue weighted by Gasteiger charge is -2.35. The van der Waals surface area contributed by atoms with Crippen molar-refractivity contribution in [2.24, 2.45) is 0 Å². The van der Waals surface area contributed by atoms with Gasteiger partial charge in [-0.1, -0.05) is 6.07 Å². The Morgan fingerprint density at radius 2 is 1.52 bits per heavy atom. The number of para-hydroxylation sites is 1. The van der Waals surface area contributed by atoms with Crippen LogP contribution in [-0.4, -0.2) is 52.3 Å². The Hall–Kier alpha value is -3.69. The molecule has 0 atom stereocenters. The number of piperazine rings is 1. The molecule has 1 N–H and O–H groups in total. The van der Waals surface area contributed by atoms with Gasteiger partial charge in [0.05, 0.1) is 0 Å². The SMILES string of the molecule is O=C(Nc1c(F)cccc1F)c1ccc(N2CCN(c3ncccn3)CC2)nn1. The maximum Gasteiger partial charge on any atom is 0.276 e. The summed E-state index contributed by atoms with van der Waals surface area (Å²) in [6.07, 6.45) is 3.41. The number of nitrogens with zero attached hydrogens (tertiary/aromatic N) is 6. The van der Waals surface area contributed by atoms with Gasteiger partial charge in [0, 0.05) is 38.6 Å². The first-order valence-electron chi connectivity index (χ1n) is 8.98. The molecule has 3 heterocycles. The van der Waals surface area contributed by atoms with Crippen LogP contribution in [0, 0.1) is 11.6 Å². The monoisotopic (exact) mass is 397 g/mol. The van der Waals surface area contributed by atoms with Crippen LogP contribution in [0.1, 0.15) is 10.5 Å². The molecule has 0 bridgehead atoms. The lowest BCUT2D eigenvalue weighted by atomic mass is 10.2. The third-order valence-electron chi connectivity index (χ3n) is 4.52. The molecule has 0 unspecified atom stereocenters. The molecule has 148 valence electrons. The van der Waals surface area contributed by atoms with Crippen LogP contribution in [-0.2, 0) is 0 Å². The van der Waals surface area contributed by atoms with Gasteiger partial charge in [-0.05, 0) is 30.3 Å². The third-order valence-corrected chi connectivity index (χ3v) is 4.52. The molecule has 0 spiro atoms. The second kappa shape index (κ2) is 8.13. The molecule has 4 rings (SSSR count). The van der Waals surface area contributed by atoms with Gasteiger partial charge < -0.3 is 15.1 Å². The third kappa shape index (κ3) is 4.10. The van der Waals surface area contributed by atoms with Gasteiger partial charge in [-0.2, -0.15) is 0 Å².